The summed E-state index contributed by atoms with van der Waals surface area (Å²) in [6.07, 6.45) is -0.314. The van der Waals surface area contributed by atoms with Gasteiger partial charge in [-0.1, -0.05) is 19.1 Å². The van der Waals surface area contributed by atoms with Crippen molar-refractivity contribution < 1.29 is 19.4 Å². The largest absolute Gasteiger partial charge is 0.481 e. The molecule has 6 heteroatoms. The molecule has 6 nitrogen and oxygen atoms in total. The summed E-state index contributed by atoms with van der Waals surface area (Å²) in [5.41, 5.74) is 3.01. The highest BCUT2D eigenvalue weighted by Gasteiger charge is 2.36. The molecule has 0 bridgehead atoms. The number of amides is 2. The molecule has 0 saturated carbocycles. The van der Waals surface area contributed by atoms with Gasteiger partial charge in [0.05, 0.1) is 24.8 Å². The van der Waals surface area contributed by atoms with Gasteiger partial charge in [0.15, 0.2) is 0 Å². The van der Waals surface area contributed by atoms with Crippen LogP contribution in [0.4, 0.5) is 0 Å². The summed E-state index contributed by atoms with van der Waals surface area (Å²) < 4.78 is 5.27. The maximum atomic E-state index is 12.5. The molecule has 1 unspecified atom stereocenters. The van der Waals surface area contributed by atoms with Gasteiger partial charge in [0.2, 0.25) is 5.88 Å². The standard InChI is InChI=1S/C19H20N2O4/c1-4-12-9-15(17(25-3)20-11(12)2)16(22)10-21-18(23)13-7-5-6-8-14(13)19(21)24/h5-9,16,22H,4,10H2,1-3H3. The van der Waals surface area contributed by atoms with E-state index in [1.807, 2.05) is 19.9 Å². The van der Waals surface area contributed by atoms with E-state index >= 15 is 0 Å². The van der Waals surface area contributed by atoms with Gasteiger partial charge in [0, 0.05) is 11.3 Å². The van der Waals surface area contributed by atoms with Crippen LogP contribution in [0, 0.1) is 6.92 Å². The summed E-state index contributed by atoms with van der Waals surface area (Å²) in [6.45, 7) is 3.73. The maximum absolute atomic E-state index is 12.5. The molecule has 1 N–H and O–H groups in total. The minimum Gasteiger partial charge on any atom is -0.481 e. The van der Waals surface area contributed by atoms with E-state index in [4.69, 9.17) is 4.74 Å². The number of benzene rings is 1. The number of ether oxygens (including phenoxy) is 1. The lowest BCUT2D eigenvalue weighted by Gasteiger charge is -2.21. The number of rotatable bonds is 5. The van der Waals surface area contributed by atoms with Crippen molar-refractivity contribution in [1.82, 2.24) is 9.88 Å². The fourth-order valence-corrected chi connectivity index (χ4v) is 3.08. The lowest BCUT2D eigenvalue weighted by Crippen LogP contribution is -2.34. The smallest absolute Gasteiger partial charge is 0.261 e. The number of hydrogen-bond acceptors (Lipinski definition) is 5. The molecule has 2 heterocycles. The lowest BCUT2D eigenvalue weighted by atomic mass is 10.0. The number of carbonyl (C=O) groups excluding carboxylic acids is 2. The van der Waals surface area contributed by atoms with Gasteiger partial charge < -0.3 is 9.84 Å². The van der Waals surface area contributed by atoms with Crippen molar-refractivity contribution in [2.45, 2.75) is 26.4 Å². The predicted molar refractivity (Wildman–Crippen MR) is 91.7 cm³/mol. The minimum atomic E-state index is -1.07. The number of hydrogen-bond donors (Lipinski definition) is 1. The molecule has 1 atom stereocenters. The molecule has 2 aromatic rings. The third-order valence-corrected chi connectivity index (χ3v) is 4.48. The number of aryl methyl sites for hydroxylation is 2. The van der Waals surface area contributed by atoms with Gasteiger partial charge in [-0.05, 0) is 37.1 Å². The first-order valence-electron chi connectivity index (χ1n) is 8.15. The van der Waals surface area contributed by atoms with Crippen molar-refractivity contribution in [2.75, 3.05) is 13.7 Å². The van der Waals surface area contributed by atoms with Crippen LogP contribution >= 0.6 is 0 Å². The molecule has 0 radical (unpaired) electrons. The number of pyridine rings is 1. The Kier molecular flexibility index (Phi) is 4.55. The van der Waals surface area contributed by atoms with E-state index in [0.717, 1.165) is 22.6 Å². The second kappa shape index (κ2) is 6.64. The van der Waals surface area contributed by atoms with Crippen molar-refractivity contribution in [2.24, 2.45) is 0 Å². The van der Waals surface area contributed by atoms with Crippen LogP contribution in [0.5, 0.6) is 5.88 Å². The molecule has 2 amide bonds. The third kappa shape index (κ3) is 2.89. The Morgan fingerprint density at radius 1 is 1.20 bits per heavy atom. The Labute approximate surface area is 146 Å². The van der Waals surface area contributed by atoms with Gasteiger partial charge >= 0.3 is 0 Å². The van der Waals surface area contributed by atoms with E-state index < -0.39 is 17.9 Å². The van der Waals surface area contributed by atoms with Gasteiger partial charge in [-0.15, -0.1) is 0 Å². The molecule has 0 saturated heterocycles. The van der Waals surface area contributed by atoms with Gasteiger partial charge in [-0.3, -0.25) is 14.5 Å². The van der Waals surface area contributed by atoms with Crippen LogP contribution in [-0.2, 0) is 6.42 Å². The number of carbonyl (C=O) groups is 2. The monoisotopic (exact) mass is 340 g/mol. The minimum absolute atomic E-state index is 0.142. The first kappa shape index (κ1) is 17.1. The summed E-state index contributed by atoms with van der Waals surface area (Å²) in [5.74, 6) is -0.484. The first-order chi connectivity index (χ1) is 12.0. The summed E-state index contributed by atoms with van der Waals surface area (Å²) in [6, 6.07) is 8.48. The predicted octanol–water partition coefficient (Wildman–Crippen LogP) is 2.29. The zero-order valence-electron chi connectivity index (χ0n) is 14.4. The SMILES string of the molecule is CCc1cc(C(O)CN2C(=O)c3ccccc3C2=O)c(OC)nc1C. The summed E-state index contributed by atoms with van der Waals surface area (Å²) >= 11 is 0. The molecule has 0 fully saturated rings. The number of aliphatic hydroxyl groups excluding tert-OH is 1. The van der Waals surface area contributed by atoms with Crippen molar-refractivity contribution in [1.29, 1.82) is 0 Å². The lowest BCUT2D eigenvalue weighted by molar-refractivity contribution is 0.0539. The van der Waals surface area contributed by atoms with Crippen molar-refractivity contribution >= 4 is 11.8 Å². The van der Waals surface area contributed by atoms with Gasteiger partial charge in [-0.2, -0.15) is 0 Å². The fraction of sp³-hybridized carbons (Fsp3) is 0.316. The molecule has 0 aliphatic carbocycles. The van der Waals surface area contributed by atoms with Crippen molar-refractivity contribution in [3.8, 4) is 5.88 Å². The van der Waals surface area contributed by atoms with Crippen LogP contribution in [-0.4, -0.2) is 40.5 Å². The highest BCUT2D eigenvalue weighted by molar-refractivity contribution is 6.21. The number of β-amino-alcohol motifs (C(OH)–C–C–N with tert-alkyl or cyclic N) is 1. The van der Waals surface area contributed by atoms with E-state index in [9.17, 15) is 14.7 Å². The van der Waals surface area contributed by atoms with E-state index in [2.05, 4.69) is 4.98 Å². The van der Waals surface area contributed by atoms with Crippen molar-refractivity contribution in [3.63, 3.8) is 0 Å². The number of aromatic nitrogens is 1. The zero-order chi connectivity index (χ0) is 18.1. The molecular formula is C19H20N2O4. The molecule has 1 aromatic carbocycles. The molecule has 25 heavy (non-hydrogen) atoms. The average Bonchev–Trinajstić information content (AvgIpc) is 2.86. The van der Waals surface area contributed by atoms with E-state index in [1.165, 1.54) is 7.11 Å². The molecule has 1 aromatic heterocycles. The Bertz CT molecular complexity index is 812. The van der Waals surface area contributed by atoms with Crippen LogP contribution in [0.25, 0.3) is 0 Å². The molecule has 130 valence electrons. The first-order valence-corrected chi connectivity index (χ1v) is 8.15. The highest BCUT2D eigenvalue weighted by atomic mass is 16.5. The Morgan fingerprint density at radius 3 is 2.32 bits per heavy atom. The quantitative estimate of drug-likeness (QED) is 0.845. The van der Waals surface area contributed by atoms with Crippen molar-refractivity contribution in [3.05, 3.63) is 58.3 Å². The normalized spacial score (nSPS) is 14.6. The average molecular weight is 340 g/mol. The van der Waals surface area contributed by atoms with E-state index in [-0.39, 0.29) is 6.54 Å². The second-order valence-corrected chi connectivity index (χ2v) is 5.97. The van der Waals surface area contributed by atoms with Crippen LogP contribution in [0.3, 0.4) is 0 Å². The van der Waals surface area contributed by atoms with Crippen LogP contribution < -0.4 is 4.74 Å². The Hall–Kier alpha value is -2.73. The van der Waals surface area contributed by atoms with Gasteiger partial charge in [0.1, 0.15) is 6.10 Å². The van der Waals surface area contributed by atoms with E-state index in [0.29, 0.717) is 22.6 Å². The molecule has 1 aliphatic rings. The Morgan fingerprint density at radius 2 is 1.80 bits per heavy atom. The number of nitrogens with zero attached hydrogens (tertiary/aromatic N) is 2. The van der Waals surface area contributed by atoms with Crippen LogP contribution in [0.2, 0.25) is 0 Å². The number of imide groups is 1. The molecular weight excluding hydrogens is 320 g/mol. The van der Waals surface area contributed by atoms with E-state index in [1.54, 1.807) is 24.3 Å². The molecule has 0 spiro atoms. The summed E-state index contributed by atoms with van der Waals surface area (Å²) in [7, 11) is 1.48. The zero-order valence-corrected chi connectivity index (χ0v) is 14.4. The molecule has 1 aliphatic heterocycles. The maximum Gasteiger partial charge on any atom is 0.261 e. The highest BCUT2D eigenvalue weighted by Crippen LogP contribution is 2.29. The third-order valence-electron chi connectivity index (χ3n) is 4.48. The topological polar surface area (TPSA) is 79.7 Å². The van der Waals surface area contributed by atoms with Crippen LogP contribution in [0.1, 0.15) is 50.6 Å². The summed E-state index contributed by atoms with van der Waals surface area (Å²) in [4.78, 5) is 30.3. The van der Waals surface area contributed by atoms with Gasteiger partial charge in [-0.25, -0.2) is 4.98 Å². The number of fused-ring (bicyclic) bond motifs is 1. The van der Waals surface area contributed by atoms with Crippen LogP contribution in [0.15, 0.2) is 30.3 Å². The molecule has 3 rings (SSSR count). The fourth-order valence-electron chi connectivity index (χ4n) is 3.08. The number of aliphatic hydroxyl groups is 1. The second-order valence-electron chi connectivity index (χ2n) is 5.97. The Balaban J connectivity index is 1.90. The van der Waals surface area contributed by atoms with Gasteiger partial charge in [0.25, 0.3) is 11.8 Å². The number of methoxy groups -OCH3 is 1. The summed E-state index contributed by atoms with van der Waals surface area (Å²) in [5, 5.41) is 10.7.